The van der Waals surface area contributed by atoms with Crippen LogP contribution in [0.2, 0.25) is 0 Å². The van der Waals surface area contributed by atoms with Gasteiger partial charge in [0.2, 0.25) is 0 Å². The summed E-state index contributed by atoms with van der Waals surface area (Å²) in [5.74, 6) is 0.0105. The van der Waals surface area contributed by atoms with Gasteiger partial charge in [0.05, 0.1) is 16.8 Å². The topological polar surface area (TPSA) is 71.1 Å². The molecule has 0 bridgehead atoms. The second-order valence-electron chi connectivity index (χ2n) is 6.07. The molecule has 0 aliphatic carbocycles. The van der Waals surface area contributed by atoms with E-state index in [4.69, 9.17) is 0 Å². The largest absolute Gasteiger partial charge is 0.383 e. The first-order chi connectivity index (χ1) is 13.0. The van der Waals surface area contributed by atoms with Gasteiger partial charge >= 0.3 is 0 Å². The van der Waals surface area contributed by atoms with Crippen LogP contribution in [0, 0.1) is 12.7 Å². The standard InChI is InChI=1S/C20H20FN3O2S/c1-15-6-2-5-9-19(15)27(25,26)24-20-11-10-17(14-23-20)22-13-12-16-7-3-4-8-18(16)21/h2-11,14,22H,12-13H2,1H3,(H,23,24). The Bertz CT molecular complexity index is 1020. The molecule has 140 valence electrons. The summed E-state index contributed by atoms with van der Waals surface area (Å²) in [7, 11) is -3.69. The fourth-order valence-corrected chi connectivity index (χ4v) is 3.91. The van der Waals surface area contributed by atoms with Crippen molar-refractivity contribution in [3.63, 3.8) is 0 Å². The quantitative estimate of drug-likeness (QED) is 0.645. The van der Waals surface area contributed by atoms with Crippen LogP contribution in [0.25, 0.3) is 0 Å². The maximum absolute atomic E-state index is 13.6. The molecule has 3 aromatic rings. The molecule has 0 saturated heterocycles. The molecule has 0 fully saturated rings. The maximum Gasteiger partial charge on any atom is 0.263 e. The van der Waals surface area contributed by atoms with E-state index in [9.17, 15) is 12.8 Å². The Morgan fingerprint density at radius 3 is 2.44 bits per heavy atom. The lowest BCUT2D eigenvalue weighted by Crippen LogP contribution is -2.15. The van der Waals surface area contributed by atoms with Crippen LogP contribution in [0.15, 0.2) is 71.8 Å². The molecule has 0 aliphatic rings. The first kappa shape index (κ1) is 18.8. The fourth-order valence-electron chi connectivity index (χ4n) is 2.65. The monoisotopic (exact) mass is 385 g/mol. The highest BCUT2D eigenvalue weighted by Crippen LogP contribution is 2.19. The Hall–Kier alpha value is -2.93. The van der Waals surface area contributed by atoms with Gasteiger partial charge in [-0.2, -0.15) is 0 Å². The van der Waals surface area contributed by atoms with Gasteiger partial charge in [-0.25, -0.2) is 17.8 Å². The normalized spacial score (nSPS) is 11.2. The molecule has 1 heterocycles. The van der Waals surface area contributed by atoms with Gasteiger partial charge in [0.1, 0.15) is 11.6 Å². The zero-order valence-electron chi connectivity index (χ0n) is 14.8. The van der Waals surface area contributed by atoms with E-state index in [2.05, 4.69) is 15.0 Å². The van der Waals surface area contributed by atoms with Gasteiger partial charge in [0.25, 0.3) is 10.0 Å². The van der Waals surface area contributed by atoms with E-state index in [1.807, 2.05) is 0 Å². The summed E-state index contributed by atoms with van der Waals surface area (Å²) in [6, 6.07) is 16.7. The van der Waals surface area contributed by atoms with Gasteiger partial charge in [-0.3, -0.25) is 4.72 Å². The highest BCUT2D eigenvalue weighted by Gasteiger charge is 2.16. The number of nitrogens with one attached hydrogen (secondary N) is 2. The molecule has 0 unspecified atom stereocenters. The minimum Gasteiger partial charge on any atom is -0.383 e. The molecular weight excluding hydrogens is 365 g/mol. The predicted octanol–water partition coefficient (Wildman–Crippen LogP) is 3.98. The van der Waals surface area contributed by atoms with E-state index in [0.29, 0.717) is 24.1 Å². The molecule has 1 aromatic heterocycles. The van der Waals surface area contributed by atoms with E-state index < -0.39 is 10.0 Å². The molecule has 0 spiro atoms. The van der Waals surface area contributed by atoms with Gasteiger partial charge in [-0.1, -0.05) is 36.4 Å². The summed E-state index contributed by atoms with van der Waals surface area (Å²) in [6.07, 6.45) is 2.07. The number of hydrogen-bond acceptors (Lipinski definition) is 4. The number of aryl methyl sites for hydroxylation is 1. The smallest absolute Gasteiger partial charge is 0.263 e. The molecule has 2 N–H and O–H groups in total. The van der Waals surface area contributed by atoms with E-state index in [-0.39, 0.29) is 16.5 Å². The summed E-state index contributed by atoms with van der Waals surface area (Å²) in [4.78, 5) is 4.36. The molecule has 0 saturated carbocycles. The van der Waals surface area contributed by atoms with Gasteiger partial charge in [-0.15, -0.1) is 0 Å². The number of rotatable bonds is 7. The minimum absolute atomic E-state index is 0.221. The summed E-state index contributed by atoms with van der Waals surface area (Å²) in [6.45, 7) is 2.28. The summed E-state index contributed by atoms with van der Waals surface area (Å²) in [5, 5.41) is 3.14. The highest BCUT2D eigenvalue weighted by molar-refractivity contribution is 7.92. The lowest BCUT2D eigenvalue weighted by Gasteiger charge is -2.11. The van der Waals surface area contributed by atoms with E-state index in [0.717, 1.165) is 5.69 Å². The number of benzene rings is 2. The minimum atomic E-state index is -3.69. The third-order valence-electron chi connectivity index (χ3n) is 4.07. The van der Waals surface area contributed by atoms with E-state index in [1.54, 1.807) is 61.5 Å². The zero-order chi connectivity index (χ0) is 19.3. The Morgan fingerprint density at radius 1 is 1.00 bits per heavy atom. The van der Waals surface area contributed by atoms with Crippen molar-refractivity contribution >= 4 is 21.5 Å². The molecule has 7 heteroatoms. The van der Waals surface area contributed by atoms with Crippen LogP contribution in [0.3, 0.4) is 0 Å². The lowest BCUT2D eigenvalue weighted by atomic mass is 10.1. The number of anilines is 2. The molecule has 27 heavy (non-hydrogen) atoms. The summed E-state index contributed by atoms with van der Waals surface area (Å²) < 4.78 is 41.0. The van der Waals surface area contributed by atoms with E-state index in [1.165, 1.54) is 12.3 Å². The van der Waals surface area contributed by atoms with Crippen LogP contribution in [0.4, 0.5) is 15.9 Å². The molecule has 3 rings (SSSR count). The molecule has 0 amide bonds. The van der Waals surface area contributed by atoms with Crippen LogP contribution in [0.1, 0.15) is 11.1 Å². The molecular formula is C20H20FN3O2S. The van der Waals surface area contributed by atoms with Crippen molar-refractivity contribution in [3.8, 4) is 0 Å². The molecule has 2 aromatic carbocycles. The van der Waals surface area contributed by atoms with Gasteiger partial charge in [-0.05, 0) is 48.7 Å². The van der Waals surface area contributed by atoms with Crippen LogP contribution >= 0.6 is 0 Å². The predicted molar refractivity (Wildman–Crippen MR) is 105 cm³/mol. The molecule has 5 nitrogen and oxygen atoms in total. The van der Waals surface area contributed by atoms with Crippen LogP contribution in [-0.4, -0.2) is 19.9 Å². The van der Waals surface area contributed by atoms with Crippen LogP contribution < -0.4 is 10.0 Å². The van der Waals surface area contributed by atoms with Gasteiger partial charge in [0.15, 0.2) is 0 Å². The average Bonchev–Trinajstić information content (AvgIpc) is 2.65. The third-order valence-corrected chi connectivity index (χ3v) is 5.58. The van der Waals surface area contributed by atoms with Crippen molar-refractivity contribution in [2.24, 2.45) is 0 Å². The van der Waals surface area contributed by atoms with Crippen molar-refractivity contribution in [1.29, 1.82) is 0 Å². The first-order valence-electron chi connectivity index (χ1n) is 8.47. The SMILES string of the molecule is Cc1ccccc1S(=O)(=O)Nc1ccc(NCCc2ccccc2F)cn1. The highest BCUT2D eigenvalue weighted by atomic mass is 32.2. The van der Waals surface area contributed by atoms with Crippen molar-refractivity contribution in [3.05, 3.63) is 83.8 Å². The van der Waals surface area contributed by atoms with E-state index >= 15 is 0 Å². The molecule has 0 atom stereocenters. The van der Waals surface area contributed by atoms with Crippen LogP contribution in [0.5, 0.6) is 0 Å². The number of halogens is 1. The summed E-state index contributed by atoms with van der Waals surface area (Å²) >= 11 is 0. The number of hydrogen-bond donors (Lipinski definition) is 2. The Labute approximate surface area is 158 Å². The first-order valence-corrected chi connectivity index (χ1v) is 9.96. The van der Waals surface area contributed by atoms with Crippen LogP contribution in [-0.2, 0) is 16.4 Å². The lowest BCUT2D eigenvalue weighted by molar-refractivity contribution is 0.600. The Morgan fingerprint density at radius 2 is 1.74 bits per heavy atom. The fraction of sp³-hybridized carbons (Fsp3) is 0.150. The van der Waals surface area contributed by atoms with Crippen molar-refractivity contribution < 1.29 is 12.8 Å². The second kappa shape index (κ2) is 8.18. The molecule has 0 aliphatic heterocycles. The van der Waals surface area contributed by atoms with Gasteiger partial charge < -0.3 is 5.32 Å². The average molecular weight is 385 g/mol. The third kappa shape index (κ3) is 4.83. The van der Waals surface area contributed by atoms with Gasteiger partial charge in [0, 0.05) is 6.54 Å². The number of sulfonamides is 1. The van der Waals surface area contributed by atoms with Crippen molar-refractivity contribution in [1.82, 2.24) is 4.98 Å². The summed E-state index contributed by atoms with van der Waals surface area (Å²) in [5.41, 5.74) is 2.03. The number of pyridine rings is 1. The van der Waals surface area contributed by atoms with Crippen molar-refractivity contribution in [2.45, 2.75) is 18.2 Å². The number of nitrogens with zero attached hydrogens (tertiary/aromatic N) is 1. The van der Waals surface area contributed by atoms with Crippen molar-refractivity contribution in [2.75, 3.05) is 16.6 Å². The maximum atomic E-state index is 13.6. The Kier molecular flexibility index (Phi) is 5.71. The number of aromatic nitrogens is 1. The Balaban J connectivity index is 1.60. The zero-order valence-corrected chi connectivity index (χ0v) is 15.6. The second-order valence-corrected chi connectivity index (χ2v) is 7.72. The molecule has 0 radical (unpaired) electrons.